The Morgan fingerprint density at radius 2 is 1.77 bits per heavy atom. The summed E-state index contributed by atoms with van der Waals surface area (Å²) in [6, 6.07) is 23.4. The highest BCUT2D eigenvalue weighted by Gasteiger charge is 2.27. The van der Waals surface area contributed by atoms with Gasteiger partial charge in [-0.25, -0.2) is 4.98 Å². The Morgan fingerprint density at radius 3 is 2.51 bits per heavy atom. The van der Waals surface area contributed by atoms with E-state index >= 15 is 0 Å². The van der Waals surface area contributed by atoms with Crippen LogP contribution < -0.4 is 10.1 Å². The molecule has 4 aromatic rings. The number of carbonyl (C=O) groups is 2. The number of rotatable bonds is 6. The van der Waals surface area contributed by atoms with Crippen molar-refractivity contribution in [3.63, 3.8) is 0 Å². The van der Waals surface area contributed by atoms with E-state index in [1.165, 1.54) is 10.3 Å². The molecule has 1 fully saturated rings. The number of carbonyl (C=O) groups excluding carboxylic acids is 2. The van der Waals surface area contributed by atoms with Crippen LogP contribution in [0.5, 0.6) is 5.75 Å². The zero-order chi connectivity index (χ0) is 24.2. The first-order chi connectivity index (χ1) is 17.0. The van der Waals surface area contributed by atoms with Crippen LogP contribution in [0.15, 0.2) is 72.8 Å². The molecule has 0 radical (unpaired) electrons. The molecule has 35 heavy (non-hydrogen) atoms. The van der Waals surface area contributed by atoms with Crippen LogP contribution in [0.3, 0.4) is 0 Å². The number of thiazole rings is 1. The Labute approximate surface area is 208 Å². The van der Waals surface area contributed by atoms with Crippen LogP contribution in [0.4, 0.5) is 5.69 Å². The smallest absolute Gasteiger partial charge is 0.260 e. The molecule has 0 aliphatic carbocycles. The van der Waals surface area contributed by atoms with Crippen molar-refractivity contribution in [2.24, 2.45) is 5.92 Å². The van der Waals surface area contributed by atoms with Crippen LogP contribution in [0.25, 0.3) is 20.8 Å². The second-order valence-corrected chi connectivity index (χ2v) is 9.84. The molecule has 1 aromatic heterocycles. The van der Waals surface area contributed by atoms with Gasteiger partial charge in [-0.2, -0.15) is 0 Å². The van der Waals surface area contributed by atoms with E-state index in [0.29, 0.717) is 31.7 Å². The van der Waals surface area contributed by atoms with E-state index in [0.717, 1.165) is 21.8 Å². The lowest BCUT2D eigenvalue weighted by molar-refractivity contribution is -0.136. The van der Waals surface area contributed by atoms with E-state index < -0.39 is 0 Å². The SMILES string of the molecule is Cc1ccc2nc(-c3ccc(NC(=O)C4CCN(C(=O)COc5ccccc5)CC4)cc3)sc2c1. The Hall–Kier alpha value is -3.71. The van der Waals surface area contributed by atoms with Crippen molar-refractivity contribution in [3.05, 3.63) is 78.4 Å². The lowest BCUT2D eigenvalue weighted by atomic mass is 9.95. The first kappa shape index (κ1) is 23.1. The van der Waals surface area contributed by atoms with Crippen molar-refractivity contribution in [1.82, 2.24) is 9.88 Å². The first-order valence-corrected chi connectivity index (χ1v) is 12.6. The van der Waals surface area contributed by atoms with E-state index in [2.05, 4.69) is 30.4 Å². The summed E-state index contributed by atoms with van der Waals surface area (Å²) in [6.07, 6.45) is 1.29. The average Bonchev–Trinajstić information content (AvgIpc) is 3.31. The zero-order valence-corrected chi connectivity index (χ0v) is 20.4. The number of anilines is 1. The highest BCUT2D eigenvalue weighted by atomic mass is 32.1. The van der Waals surface area contributed by atoms with Gasteiger partial charge in [0.25, 0.3) is 5.91 Å². The number of aryl methyl sites for hydroxylation is 1. The number of hydrogen-bond donors (Lipinski definition) is 1. The largest absolute Gasteiger partial charge is 0.484 e. The summed E-state index contributed by atoms with van der Waals surface area (Å²) in [5.74, 6) is 0.523. The number of aromatic nitrogens is 1. The van der Waals surface area contributed by atoms with E-state index in [-0.39, 0.29) is 24.3 Å². The molecule has 7 heteroatoms. The molecule has 1 N–H and O–H groups in total. The molecule has 6 nitrogen and oxygen atoms in total. The maximum absolute atomic E-state index is 12.8. The molecule has 0 spiro atoms. The minimum atomic E-state index is -0.110. The highest BCUT2D eigenvalue weighted by molar-refractivity contribution is 7.21. The summed E-state index contributed by atoms with van der Waals surface area (Å²) in [5.41, 5.74) is 4.03. The van der Waals surface area contributed by atoms with E-state index in [9.17, 15) is 9.59 Å². The molecule has 1 saturated heterocycles. The molecule has 2 amide bonds. The van der Waals surface area contributed by atoms with E-state index in [1.54, 1.807) is 16.2 Å². The fourth-order valence-electron chi connectivity index (χ4n) is 4.24. The molecule has 2 heterocycles. The van der Waals surface area contributed by atoms with Crippen molar-refractivity contribution in [2.45, 2.75) is 19.8 Å². The van der Waals surface area contributed by atoms with Crippen molar-refractivity contribution >= 4 is 39.1 Å². The maximum Gasteiger partial charge on any atom is 0.260 e. The topological polar surface area (TPSA) is 71.5 Å². The summed E-state index contributed by atoms with van der Waals surface area (Å²) < 4.78 is 6.74. The molecule has 0 unspecified atom stereocenters. The molecule has 0 saturated carbocycles. The third-order valence-electron chi connectivity index (χ3n) is 6.27. The van der Waals surface area contributed by atoms with Gasteiger partial charge in [0.15, 0.2) is 6.61 Å². The highest BCUT2D eigenvalue weighted by Crippen LogP contribution is 2.31. The number of nitrogens with zero attached hydrogens (tertiary/aromatic N) is 2. The van der Waals surface area contributed by atoms with Gasteiger partial charge in [-0.3, -0.25) is 9.59 Å². The number of benzene rings is 3. The molecule has 178 valence electrons. The predicted octanol–water partition coefficient (Wildman–Crippen LogP) is 5.53. The summed E-state index contributed by atoms with van der Waals surface area (Å²) >= 11 is 1.67. The predicted molar refractivity (Wildman–Crippen MR) is 140 cm³/mol. The van der Waals surface area contributed by atoms with Gasteiger partial charge in [0.2, 0.25) is 5.91 Å². The van der Waals surface area contributed by atoms with Gasteiger partial charge in [0, 0.05) is 30.3 Å². The van der Waals surface area contributed by atoms with Crippen LogP contribution >= 0.6 is 11.3 Å². The summed E-state index contributed by atoms with van der Waals surface area (Å²) in [5, 5.41) is 4.00. The molecular weight excluding hydrogens is 458 g/mol. The van der Waals surface area contributed by atoms with Gasteiger partial charge in [-0.1, -0.05) is 24.3 Å². The number of fused-ring (bicyclic) bond motifs is 1. The third-order valence-corrected chi connectivity index (χ3v) is 7.33. The number of likely N-dealkylation sites (tertiary alicyclic amines) is 1. The number of amides is 2. The number of piperidine rings is 1. The zero-order valence-electron chi connectivity index (χ0n) is 19.6. The number of ether oxygens (including phenoxy) is 1. The van der Waals surface area contributed by atoms with Crippen LogP contribution in [0, 0.1) is 12.8 Å². The minimum absolute atomic E-state index is 0.000784. The third kappa shape index (κ3) is 5.52. The first-order valence-electron chi connectivity index (χ1n) is 11.8. The average molecular weight is 486 g/mol. The van der Waals surface area contributed by atoms with Crippen molar-refractivity contribution < 1.29 is 14.3 Å². The summed E-state index contributed by atoms with van der Waals surface area (Å²) in [6.45, 7) is 3.22. The number of hydrogen-bond acceptors (Lipinski definition) is 5. The molecule has 0 bridgehead atoms. The Balaban J connectivity index is 1.12. The Kier molecular flexibility index (Phi) is 6.77. The van der Waals surface area contributed by atoms with Crippen LogP contribution in [-0.4, -0.2) is 41.4 Å². The van der Waals surface area contributed by atoms with Crippen molar-refractivity contribution in [2.75, 3.05) is 25.0 Å². The lowest BCUT2D eigenvalue weighted by Gasteiger charge is -2.31. The lowest BCUT2D eigenvalue weighted by Crippen LogP contribution is -2.43. The second-order valence-electron chi connectivity index (χ2n) is 8.81. The summed E-state index contributed by atoms with van der Waals surface area (Å²) in [4.78, 5) is 31.8. The van der Waals surface area contributed by atoms with Gasteiger partial charge in [0.1, 0.15) is 10.8 Å². The van der Waals surface area contributed by atoms with E-state index in [1.807, 2.05) is 54.6 Å². The van der Waals surface area contributed by atoms with Gasteiger partial charge >= 0.3 is 0 Å². The maximum atomic E-state index is 12.8. The van der Waals surface area contributed by atoms with Crippen LogP contribution in [0.2, 0.25) is 0 Å². The Morgan fingerprint density at radius 1 is 1.03 bits per heavy atom. The molecule has 0 atom stereocenters. The monoisotopic (exact) mass is 485 g/mol. The van der Waals surface area contributed by atoms with Crippen molar-refractivity contribution in [1.29, 1.82) is 0 Å². The van der Waals surface area contributed by atoms with Gasteiger partial charge in [-0.05, 0) is 73.9 Å². The minimum Gasteiger partial charge on any atom is -0.484 e. The van der Waals surface area contributed by atoms with Gasteiger partial charge < -0.3 is 15.0 Å². The van der Waals surface area contributed by atoms with Crippen molar-refractivity contribution in [3.8, 4) is 16.3 Å². The standard InChI is InChI=1S/C28H27N3O3S/c1-19-7-12-24-25(17-19)35-28(30-24)21-8-10-22(11-9-21)29-27(33)20-13-15-31(16-14-20)26(32)18-34-23-5-3-2-4-6-23/h2-12,17,20H,13-16,18H2,1H3,(H,29,33). The summed E-state index contributed by atoms with van der Waals surface area (Å²) in [7, 11) is 0. The number of nitrogens with one attached hydrogen (secondary N) is 1. The molecule has 1 aliphatic heterocycles. The number of para-hydroxylation sites is 1. The molecular formula is C28H27N3O3S. The normalized spacial score (nSPS) is 14.1. The fourth-order valence-corrected chi connectivity index (χ4v) is 5.31. The molecule has 1 aliphatic rings. The molecule has 5 rings (SSSR count). The molecule has 3 aromatic carbocycles. The van der Waals surface area contributed by atoms with Gasteiger partial charge in [-0.15, -0.1) is 11.3 Å². The Bertz CT molecular complexity index is 1330. The van der Waals surface area contributed by atoms with Crippen LogP contribution in [0.1, 0.15) is 18.4 Å². The second kappa shape index (κ2) is 10.3. The van der Waals surface area contributed by atoms with Crippen LogP contribution in [-0.2, 0) is 9.59 Å². The van der Waals surface area contributed by atoms with E-state index in [4.69, 9.17) is 9.72 Å². The fraction of sp³-hybridized carbons (Fsp3) is 0.250. The van der Waals surface area contributed by atoms with Gasteiger partial charge in [0.05, 0.1) is 10.2 Å². The quantitative estimate of drug-likeness (QED) is 0.390.